The minimum atomic E-state index is -0.220. The summed E-state index contributed by atoms with van der Waals surface area (Å²) >= 11 is 0. The fourth-order valence-electron chi connectivity index (χ4n) is 1.15. The van der Waals surface area contributed by atoms with Crippen LogP contribution in [0.1, 0.15) is 18.9 Å². The summed E-state index contributed by atoms with van der Waals surface area (Å²) in [6, 6.07) is 1.82. The van der Waals surface area contributed by atoms with Crippen LogP contribution in [0.4, 0.5) is 0 Å². The molecule has 0 spiro atoms. The Morgan fingerprint density at radius 1 is 1.56 bits per heavy atom. The first-order valence-corrected chi connectivity index (χ1v) is 5.79. The number of pyridine rings is 1. The molecule has 1 aromatic heterocycles. The number of nitrogens with two attached hydrogens (primary N) is 1. The Balaban J connectivity index is 2.51. The molecular formula is C13H17N3O2. The highest BCUT2D eigenvalue weighted by molar-refractivity contribution is 5.77. The van der Waals surface area contributed by atoms with Gasteiger partial charge in [0.1, 0.15) is 5.75 Å². The van der Waals surface area contributed by atoms with Gasteiger partial charge in [-0.3, -0.25) is 9.78 Å². The fourth-order valence-corrected chi connectivity index (χ4v) is 1.15. The fraction of sp³-hybridized carbons (Fsp3) is 0.385. The molecular weight excluding hydrogens is 230 g/mol. The Bertz CT molecular complexity index is 449. The Hall–Kier alpha value is -2.06. The van der Waals surface area contributed by atoms with Crippen LogP contribution < -0.4 is 15.8 Å². The largest absolute Gasteiger partial charge is 0.492 e. The molecule has 0 radical (unpaired) electrons. The SMILES string of the molecule is CCCOc1cncc(C#CCNC(=O)CN)c1. The van der Waals surface area contributed by atoms with Crippen LogP contribution in [0.25, 0.3) is 0 Å². The predicted octanol–water partition coefficient (Wildman–Crippen LogP) is 0.297. The van der Waals surface area contributed by atoms with E-state index in [1.807, 2.05) is 13.0 Å². The van der Waals surface area contributed by atoms with Gasteiger partial charge in [-0.2, -0.15) is 0 Å². The van der Waals surface area contributed by atoms with Crippen LogP contribution in [0.2, 0.25) is 0 Å². The second-order valence-corrected chi connectivity index (χ2v) is 3.54. The summed E-state index contributed by atoms with van der Waals surface area (Å²) < 4.78 is 5.44. The van der Waals surface area contributed by atoms with Gasteiger partial charge in [0.2, 0.25) is 5.91 Å². The average molecular weight is 247 g/mol. The molecule has 0 saturated heterocycles. The Kier molecular flexibility index (Phi) is 6.30. The summed E-state index contributed by atoms with van der Waals surface area (Å²) in [6.45, 7) is 2.95. The van der Waals surface area contributed by atoms with Crippen LogP contribution in [0.5, 0.6) is 5.75 Å². The van der Waals surface area contributed by atoms with E-state index in [0.717, 1.165) is 12.0 Å². The van der Waals surface area contributed by atoms with E-state index in [4.69, 9.17) is 10.5 Å². The average Bonchev–Trinajstić information content (AvgIpc) is 2.41. The van der Waals surface area contributed by atoms with Crippen LogP contribution in [0.15, 0.2) is 18.5 Å². The van der Waals surface area contributed by atoms with Gasteiger partial charge >= 0.3 is 0 Å². The predicted molar refractivity (Wildman–Crippen MR) is 69.0 cm³/mol. The van der Waals surface area contributed by atoms with Gasteiger partial charge in [-0.05, 0) is 12.5 Å². The molecule has 0 aliphatic rings. The van der Waals surface area contributed by atoms with E-state index >= 15 is 0 Å². The molecule has 1 amide bonds. The van der Waals surface area contributed by atoms with E-state index < -0.39 is 0 Å². The lowest BCUT2D eigenvalue weighted by molar-refractivity contribution is -0.119. The quantitative estimate of drug-likeness (QED) is 0.733. The Labute approximate surface area is 107 Å². The highest BCUT2D eigenvalue weighted by Gasteiger charge is 1.95. The van der Waals surface area contributed by atoms with Crippen molar-refractivity contribution in [1.29, 1.82) is 0 Å². The van der Waals surface area contributed by atoms with E-state index in [1.54, 1.807) is 12.4 Å². The van der Waals surface area contributed by atoms with Crippen molar-refractivity contribution in [3.05, 3.63) is 24.0 Å². The minimum absolute atomic E-state index is 0.0242. The molecule has 0 aliphatic carbocycles. The number of nitrogens with zero attached hydrogens (tertiary/aromatic N) is 1. The van der Waals surface area contributed by atoms with Crippen LogP contribution in [0.3, 0.4) is 0 Å². The molecule has 0 atom stereocenters. The first-order chi connectivity index (χ1) is 8.76. The van der Waals surface area contributed by atoms with E-state index in [2.05, 4.69) is 22.1 Å². The number of amides is 1. The number of aromatic nitrogens is 1. The molecule has 1 aromatic rings. The zero-order valence-electron chi connectivity index (χ0n) is 10.4. The molecule has 3 N–H and O–H groups in total. The topological polar surface area (TPSA) is 77.2 Å². The summed E-state index contributed by atoms with van der Waals surface area (Å²) in [5.74, 6) is 6.19. The monoisotopic (exact) mass is 247 g/mol. The molecule has 0 unspecified atom stereocenters. The number of rotatable bonds is 5. The molecule has 0 aliphatic heterocycles. The lowest BCUT2D eigenvalue weighted by atomic mass is 10.3. The van der Waals surface area contributed by atoms with E-state index in [9.17, 15) is 4.79 Å². The van der Waals surface area contributed by atoms with E-state index in [0.29, 0.717) is 12.4 Å². The molecule has 96 valence electrons. The summed E-state index contributed by atoms with van der Waals surface area (Å²) in [7, 11) is 0. The van der Waals surface area contributed by atoms with E-state index in [1.165, 1.54) is 0 Å². The molecule has 1 heterocycles. The summed E-state index contributed by atoms with van der Waals surface area (Å²) in [5.41, 5.74) is 5.90. The van der Waals surface area contributed by atoms with Gasteiger partial charge in [0.15, 0.2) is 0 Å². The first-order valence-electron chi connectivity index (χ1n) is 5.79. The summed E-state index contributed by atoms with van der Waals surface area (Å²) in [6.07, 6.45) is 4.24. The lowest BCUT2D eigenvalue weighted by Crippen LogP contribution is -2.30. The van der Waals surface area contributed by atoms with Gasteiger partial charge in [0.05, 0.1) is 25.9 Å². The third kappa shape index (κ3) is 5.32. The highest BCUT2D eigenvalue weighted by atomic mass is 16.5. The van der Waals surface area contributed by atoms with Gasteiger partial charge in [-0.15, -0.1) is 0 Å². The van der Waals surface area contributed by atoms with Crippen molar-refractivity contribution in [2.75, 3.05) is 19.7 Å². The summed E-state index contributed by atoms with van der Waals surface area (Å²) in [4.78, 5) is 14.9. The van der Waals surface area contributed by atoms with Gasteiger partial charge in [0.25, 0.3) is 0 Å². The number of nitrogens with one attached hydrogen (secondary N) is 1. The standard InChI is InChI=1S/C13H17N3O2/c1-2-6-18-12-7-11(9-15-10-12)4-3-5-16-13(17)8-14/h7,9-10H,2,5-6,8,14H2,1H3,(H,16,17). The maximum absolute atomic E-state index is 10.9. The lowest BCUT2D eigenvalue weighted by Gasteiger charge is -2.03. The van der Waals surface area contributed by atoms with Crippen molar-refractivity contribution in [1.82, 2.24) is 10.3 Å². The second kappa shape index (κ2) is 8.09. The van der Waals surface area contributed by atoms with Crippen LogP contribution in [-0.4, -0.2) is 30.6 Å². The Morgan fingerprint density at radius 2 is 2.39 bits per heavy atom. The van der Waals surface area contributed by atoms with Crippen molar-refractivity contribution < 1.29 is 9.53 Å². The third-order valence-electron chi connectivity index (χ3n) is 1.98. The normalized spacial score (nSPS) is 9.22. The van der Waals surface area contributed by atoms with Crippen molar-refractivity contribution >= 4 is 5.91 Å². The zero-order chi connectivity index (χ0) is 13.2. The molecule has 18 heavy (non-hydrogen) atoms. The van der Waals surface area contributed by atoms with Crippen molar-refractivity contribution in [2.24, 2.45) is 5.73 Å². The van der Waals surface area contributed by atoms with Gasteiger partial charge in [-0.1, -0.05) is 18.8 Å². The molecule has 1 rings (SSSR count). The van der Waals surface area contributed by atoms with Crippen LogP contribution >= 0.6 is 0 Å². The van der Waals surface area contributed by atoms with Crippen LogP contribution in [-0.2, 0) is 4.79 Å². The number of hydrogen-bond donors (Lipinski definition) is 2. The van der Waals surface area contributed by atoms with Gasteiger partial charge < -0.3 is 15.8 Å². The number of carbonyl (C=O) groups excluding carboxylic acids is 1. The first kappa shape index (κ1) is 14.0. The summed E-state index contributed by atoms with van der Waals surface area (Å²) in [5, 5.41) is 2.56. The molecule has 0 saturated carbocycles. The Morgan fingerprint density at radius 3 is 3.11 bits per heavy atom. The molecule has 5 heteroatoms. The van der Waals surface area contributed by atoms with Crippen LogP contribution in [0, 0.1) is 11.8 Å². The van der Waals surface area contributed by atoms with Crippen molar-refractivity contribution in [3.63, 3.8) is 0 Å². The van der Waals surface area contributed by atoms with Gasteiger partial charge in [-0.25, -0.2) is 0 Å². The van der Waals surface area contributed by atoms with Gasteiger partial charge in [0, 0.05) is 11.8 Å². The zero-order valence-corrected chi connectivity index (χ0v) is 10.4. The molecule has 0 aromatic carbocycles. The number of carbonyl (C=O) groups is 1. The highest BCUT2D eigenvalue weighted by Crippen LogP contribution is 2.10. The number of ether oxygens (including phenoxy) is 1. The van der Waals surface area contributed by atoms with E-state index in [-0.39, 0.29) is 19.0 Å². The maximum Gasteiger partial charge on any atom is 0.234 e. The second-order valence-electron chi connectivity index (χ2n) is 3.54. The number of hydrogen-bond acceptors (Lipinski definition) is 4. The minimum Gasteiger partial charge on any atom is -0.492 e. The third-order valence-corrected chi connectivity index (χ3v) is 1.98. The van der Waals surface area contributed by atoms with Crippen molar-refractivity contribution in [3.8, 4) is 17.6 Å². The smallest absolute Gasteiger partial charge is 0.234 e. The molecule has 0 fully saturated rings. The maximum atomic E-state index is 10.9. The molecule has 5 nitrogen and oxygen atoms in total. The molecule has 0 bridgehead atoms. The van der Waals surface area contributed by atoms with Crippen molar-refractivity contribution in [2.45, 2.75) is 13.3 Å².